The lowest BCUT2D eigenvalue weighted by atomic mass is 9.86. The number of aliphatic hydroxyl groups excluding tert-OH is 1. The van der Waals surface area contributed by atoms with Gasteiger partial charge >= 0.3 is 0 Å². The third kappa shape index (κ3) is 2.54. The van der Waals surface area contributed by atoms with Crippen LogP contribution in [0.1, 0.15) is 41.6 Å². The van der Waals surface area contributed by atoms with E-state index in [1.54, 1.807) is 12.4 Å². The highest BCUT2D eigenvalue weighted by molar-refractivity contribution is 5.38. The van der Waals surface area contributed by atoms with Gasteiger partial charge in [0.2, 0.25) is 0 Å². The van der Waals surface area contributed by atoms with E-state index in [0.717, 1.165) is 29.9 Å². The van der Waals surface area contributed by atoms with Crippen LogP contribution in [-0.2, 0) is 0 Å². The zero-order valence-electron chi connectivity index (χ0n) is 11.6. The van der Waals surface area contributed by atoms with Gasteiger partial charge in [-0.25, -0.2) is 0 Å². The molecule has 0 amide bonds. The van der Waals surface area contributed by atoms with Crippen LogP contribution in [0.15, 0.2) is 42.7 Å². The van der Waals surface area contributed by atoms with Gasteiger partial charge in [-0.2, -0.15) is 0 Å². The number of aromatic nitrogens is 1. The quantitative estimate of drug-likeness (QED) is 0.928. The molecule has 20 heavy (non-hydrogen) atoms. The first-order chi connectivity index (χ1) is 9.75. The molecule has 0 spiro atoms. The smallest absolute Gasteiger partial charge is 0.122 e. The van der Waals surface area contributed by atoms with Gasteiger partial charge in [0, 0.05) is 18.0 Å². The van der Waals surface area contributed by atoms with Crippen LogP contribution in [0.5, 0.6) is 5.75 Å². The molecule has 0 fully saturated rings. The van der Waals surface area contributed by atoms with Crippen molar-refractivity contribution in [3.63, 3.8) is 0 Å². The maximum atomic E-state index is 10.5. The molecule has 104 valence electrons. The van der Waals surface area contributed by atoms with Gasteiger partial charge in [-0.15, -0.1) is 0 Å². The Morgan fingerprint density at radius 1 is 1.35 bits per heavy atom. The van der Waals surface area contributed by atoms with Crippen molar-refractivity contribution in [1.82, 2.24) is 4.98 Å². The molecule has 2 aromatic rings. The van der Waals surface area contributed by atoms with Gasteiger partial charge in [-0.05, 0) is 48.9 Å². The summed E-state index contributed by atoms with van der Waals surface area (Å²) in [6.07, 6.45) is 4.72. The molecule has 0 radical (unpaired) electrons. The van der Waals surface area contributed by atoms with Gasteiger partial charge in [0.15, 0.2) is 0 Å². The van der Waals surface area contributed by atoms with Crippen molar-refractivity contribution in [2.45, 2.75) is 31.8 Å². The van der Waals surface area contributed by atoms with Crippen molar-refractivity contribution in [3.8, 4) is 5.75 Å². The fourth-order valence-electron chi connectivity index (χ4n) is 2.88. The van der Waals surface area contributed by atoms with Crippen molar-refractivity contribution in [2.24, 2.45) is 0 Å². The summed E-state index contributed by atoms with van der Waals surface area (Å²) in [7, 11) is 0. The summed E-state index contributed by atoms with van der Waals surface area (Å²) < 4.78 is 5.67. The molecule has 3 heteroatoms. The molecule has 1 aromatic heterocycles. The lowest BCUT2D eigenvalue weighted by Crippen LogP contribution is -2.16. The van der Waals surface area contributed by atoms with E-state index in [9.17, 15) is 5.11 Å². The largest absolute Gasteiger partial charge is 0.493 e. The van der Waals surface area contributed by atoms with Gasteiger partial charge in [-0.1, -0.05) is 18.2 Å². The number of nitrogens with zero attached hydrogens (tertiary/aromatic N) is 1. The average Bonchev–Trinajstić information content (AvgIpc) is 2.48. The molecular formula is C17H19NO2. The maximum absolute atomic E-state index is 10.5. The summed E-state index contributed by atoms with van der Waals surface area (Å²) >= 11 is 0. The second-order valence-electron chi connectivity index (χ2n) is 5.36. The van der Waals surface area contributed by atoms with Crippen LogP contribution in [0.4, 0.5) is 0 Å². The molecular weight excluding hydrogens is 250 g/mol. The SMILES string of the molecule is Cc1ccncc1C(O)CC1CCOc2ccccc21. The van der Waals surface area contributed by atoms with Gasteiger partial charge in [0.05, 0.1) is 12.7 Å². The summed E-state index contributed by atoms with van der Waals surface area (Å²) in [4.78, 5) is 4.12. The van der Waals surface area contributed by atoms with E-state index in [-0.39, 0.29) is 0 Å². The first-order valence-corrected chi connectivity index (χ1v) is 7.06. The molecule has 3 nitrogen and oxygen atoms in total. The fraction of sp³-hybridized carbons (Fsp3) is 0.353. The number of hydrogen-bond acceptors (Lipinski definition) is 3. The molecule has 1 aliphatic rings. The van der Waals surface area contributed by atoms with E-state index in [1.165, 1.54) is 5.56 Å². The molecule has 1 N–H and O–H groups in total. The van der Waals surface area contributed by atoms with Gasteiger partial charge in [-0.3, -0.25) is 4.98 Å². The number of pyridine rings is 1. The van der Waals surface area contributed by atoms with Gasteiger partial charge < -0.3 is 9.84 Å². The minimum absolute atomic E-state index is 0.342. The minimum atomic E-state index is -0.472. The molecule has 0 aliphatic carbocycles. The Bertz CT molecular complexity index is 597. The highest BCUT2D eigenvalue weighted by Gasteiger charge is 2.24. The number of rotatable bonds is 3. The third-order valence-electron chi connectivity index (χ3n) is 4.03. The third-order valence-corrected chi connectivity index (χ3v) is 4.03. The minimum Gasteiger partial charge on any atom is -0.493 e. The summed E-state index contributed by atoms with van der Waals surface area (Å²) in [6, 6.07) is 10.1. The van der Waals surface area contributed by atoms with E-state index in [2.05, 4.69) is 11.1 Å². The van der Waals surface area contributed by atoms with Crippen LogP contribution in [0.25, 0.3) is 0 Å². The molecule has 2 atom stereocenters. The van der Waals surface area contributed by atoms with Crippen molar-refractivity contribution >= 4 is 0 Å². The number of fused-ring (bicyclic) bond motifs is 1. The Morgan fingerprint density at radius 3 is 3.05 bits per heavy atom. The van der Waals surface area contributed by atoms with E-state index < -0.39 is 6.10 Å². The molecule has 0 saturated carbocycles. The second kappa shape index (κ2) is 5.63. The maximum Gasteiger partial charge on any atom is 0.122 e. The Balaban J connectivity index is 1.81. The Labute approximate surface area is 119 Å². The summed E-state index contributed by atoms with van der Waals surface area (Å²) in [5, 5.41) is 10.5. The zero-order valence-corrected chi connectivity index (χ0v) is 11.6. The normalized spacial score (nSPS) is 19.0. The molecule has 2 heterocycles. The van der Waals surface area contributed by atoms with Crippen molar-refractivity contribution in [1.29, 1.82) is 0 Å². The first-order valence-electron chi connectivity index (χ1n) is 7.06. The predicted molar refractivity (Wildman–Crippen MR) is 77.8 cm³/mol. The van der Waals surface area contributed by atoms with E-state index in [1.807, 2.05) is 31.2 Å². The van der Waals surface area contributed by atoms with Crippen LogP contribution in [0.3, 0.4) is 0 Å². The highest BCUT2D eigenvalue weighted by Crippen LogP contribution is 2.39. The lowest BCUT2D eigenvalue weighted by Gasteiger charge is -2.27. The van der Waals surface area contributed by atoms with Crippen LogP contribution < -0.4 is 4.74 Å². The molecule has 3 rings (SSSR count). The fourth-order valence-corrected chi connectivity index (χ4v) is 2.88. The van der Waals surface area contributed by atoms with Crippen molar-refractivity contribution in [2.75, 3.05) is 6.61 Å². The van der Waals surface area contributed by atoms with E-state index >= 15 is 0 Å². The Hall–Kier alpha value is -1.87. The lowest BCUT2D eigenvalue weighted by molar-refractivity contribution is 0.144. The zero-order chi connectivity index (χ0) is 13.9. The summed E-state index contributed by atoms with van der Waals surface area (Å²) in [6.45, 7) is 2.73. The number of aliphatic hydroxyl groups is 1. The number of ether oxygens (including phenoxy) is 1. The van der Waals surface area contributed by atoms with Crippen LogP contribution in [0.2, 0.25) is 0 Å². The van der Waals surface area contributed by atoms with Crippen LogP contribution in [0, 0.1) is 6.92 Å². The molecule has 1 aromatic carbocycles. The number of benzene rings is 1. The van der Waals surface area contributed by atoms with E-state index in [4.69, 9.17) is 4.74 Å². The van der Waals surface area contributed by atoms with Crippen LogP contribution >= 0.6 is 0 Å². The standard InChI is InChI=1S/C17H19NO2/c1-12-6-8-18-11-15(12)16(19)10-13-7-9-20-17-5-3-2-4-14(13)17/h2-6,8,11,13,16,19H,7,9-10H2,1H3. The second-order valence-corrected chi connectivity index (χ2v) is 5.36. The van der Waals surface area contributed by atoms with Crippen molar-refractivity contribution < 1.29 is 9.84 Å². The molecule has 0 bridgehead atoms. The molecule has 0 saturated heterocycles. The van der Waals surface area contributed by atoms with E-state index in [0.29, 0.717) is 12.3 Å². The van der Waals surface area contributed by atoms with Gasteiger partial charge in [0.25, 0.3) is 0 Å². The predicted octanol–water partition coefficient (Wildman–Crippen LogP) is 3.38. The molecule has 1 aliphatic heterocycles. The number of hydrogen-bond donors (Lipinski definition) is 1. The number of aryl methyl sites for hydroxylation is 1. The number of para-hydroxylation sites is 1. The van der Waals surface area contributed by atoms with Crippen molar-refractivity contribution in [3.05, 3.63) is 59.4 Å². The Morgan fingerprint density at radius 2 is 2.20 bits per heavy atom. The summed E-state index contributed by atoms with van der Waals surface area (Å²) in [5.74, 6) is 1.30. The topological polar surface area (TPSA) is 42.4 Å². The monoisotopic (exact) mass is 269 g/mol. The highest BCUT2D eigenvalue weighted by atomic mass is 16.5. The Kier molecular flexibility index (Phi) is 3.70. The molecule has 2 unspecified atom stereocenters. The van der Waals surface area contributed by atoms with Gasteiger partial charge in [0.1, 0.15) is 5.75 Å². The van der Waals surface area contributed by atoms with Crippen LogP contribution in [-0.4, -0.2) is 16.7 Å². The average molecular weight is 269 g/mol. The first kappa shape index (κ1) is 13.1. The summed E-state index contributed by atoms with van der Waals surface area (Å²) in [5.41, 5.74) is 3.23.